The Morgan fingerprint density at radius 2 is 2.00 bits per heavy atom. The molecule has 1 aliphatic heterocycles. The Balaban J connectivity index is 1.37. The number of benzene rings is 1. The van der Waals surface area contributed by atoms with E-state index in [9.17, 15) is 13.2 Å². The Bertz CT molecular complexity index is 985. The van der Waals surface area contributed by atoms with Crippen LogP contribution in [0.5, 0.6) is 0 Å². The van der Waals surface area contributed by atoms with E-state index < -0.39 is 10.0 Å². The van der Waals surface area contributed by atoms with Crippen LogP contribution >= 0.6 is 11.3 Å². The highest BCUT2D eigenvalue weighted by molar-refractivity contribution is 7.90. The first-order valence-electron chi connectivity index (χ1n) is 10.0. The number of hydrogen-bond acceptors (Lipinski definition) is 6. The van der Waals surface area contributed by atoms with Gasteiger partial charge >= 0.3 is 0 Å². The molecule has 0 saturated carbocycles. The van der Waals surface area contributed by atoms with E-state index in [-0.39, 0.29) is 16.8 Å². The lowest BCUT2D eigenvalue weighted by Gasteiger charge is -2.24. The Hall–Kier alpha value is -2.23. The molecule has 1 aromatic heterocycles. The minimum absolute atomic E-state index is 0.0564. The first-order valence-corrected chi connectivity index (χ1v) is 12.4. The molecule has 0 unspecified atom stereocenters. The third-order valence-electron chi connectivity index (χ3n) is 5.04. The van der Waals surface area contributed by atoms with E-state index in [0.29, 0.717) is 30.9 Å². The van der Waals surface area contributed by atoms with Gasteiger partial charge in [-0.15, -0.1) is 0 Å². The van der Waals surface area contributed by atoms with Crippen LogP contribution in [0.15, 0.2) is 51.0 Å². The number of likely N-dealkylation sites (N-methyl/N-ethyl adjacent to an activating group) is 1. The van der Waals surface area contributed by atoms with Gasteiger partial charge in [0.05, 0.1) is 10.9 Å². The Labute approximate surface area is 182 Å². The number of carbonyl (C=O) groups is 1. The second-order valence-electron chi connectivity index (χ2n) is 7.48. The van der Waals surface area contributed by atoms with Gasteiger partial charge in [0.25, 0.3) is 10.0 Å². The average molecular weight is 449 g/mol. The first kappa shape index (κ1) is 22.5. The molecule has 3 rings (SSSR count). The molecule has 1 aliphatic rings. The van der Waals surface area contributed by atoms with Crippen LogP contribution in [-0.4, -0.2) is 52.2 Å². The van der Waals surface area contributed by atoms with E-state index in [4.69, 9.17) is 0 Å². The number of fused-ring (bicyclic) bond motifs is 1. The van der Waals surface area contributed by atoms with Gasteiger partial charge in [-0.05, 0) is 61.5 Å². The van der Waals surface area contributed by atoms with Gasteiger partial charge in [-0.3, -0.25) is 14.5 Å². The van der Waals surface area contributed by atoms with E-state index in [2.05, 4.69) is 31.4 Å². The summed E-state index contributed by atoms with van der Waals surface area (Å²) < 4.78 is 26.6. The van der Waals surface area contributed by atoms with Crippen molar-refractivity contribution in [3.8, 4) is 0 Å². The summed E-state index contributed by atoms with van der Waals surface area (Å²) in [6.07, 6.45) is 2.93. The zero-order valence-electron chi connectivity index (χ0n) is 17.3. The number of nitrogens with zero attached hydrogens (tertiary/aromatic N) is 2. The van der Waals surface area contributed by atoms with Gasteiger partial charge in [0, 0.05) is 25.1 Å². The molecule has 0 aliphatic carbocycles. The van der Waals surface area contributed by atoms with Crippen LogP contribution in [0.3, 0.4) is 0 Å². The zero-order chi connectivity index (χ0) is 21.6. The zero-order valence-corrected chi connectivity index (χ0v) is 18.9. The Morgan fingerprint density at radius 3 is 2.73 bits per heavy atom. The molecule has 2 aromatic rings. The molecular formula is C21H28N4O3S2. The maximum absolute atomic E-state index is 12.2. The van der Waals surface area contributed by atoms with Crippen molar-refractivity contribution in [1.82, 2.24) is 14.9 Å². The van der Waals surface area contributed by atoms with Gasteiger partial charge in [-0.25, -0.2) is 8.42 Å². The molecule has 30 heavy (non-hydrogen) atoms. The van der Waals surface area contributed by atoms with Crippen molar-refractivity contribution in [1.29, 1.82) is 0 Å². The highest BCUT2D eigenvalue weighted by Crippen LogP contribution is 2.22. The number of nitrogens with one attached hydrogen (secondary N) is 2. The number of hydrogen-bond donors (Lipinski definition) is 2. The summed E-state index contributed by atoms with van der Waals surface area (Å²) in [6, 6.07) is 9.10. The normalized spacial score (nSPS) is 17.0. The van der Waals surface area contributed by atoms with E-state index in [0.717, 1.165) is 19.3 Å². The minimum atomic E-state index is -3.49. The molecule has 1 atom stereocenters. The molecule has 0 bridgehead atoms. The van der Waals surface area contributed by atoms with Crippen molar-refractivity contribution in [2.24, 2.45) is 4.99 Å². The van der Waals surface area contributed by atoms with Crippen LogP contribution < -0.4 is 10.0 Å². The van der Waals surface area contributed by atoms with E-state index in [1.165, 1.54) is 5.56 Å². The lowest BCUT2D eigenvalue weighted by molar-refractivity contribution is -0.121. The number of carbonyl (C=O) groups excluding carboxylic acids is 1. The van der Waals surface area contributed by atoms with Crippen LogP contribution in [-0.2, 0) is 14.8 Å². The molecule has 1 aromatic carbocycles. The minimum Gasteiger partial charge on any atom is -0.354 e. The van der Waals surface area contributed by atoms with Crippen LogP contribution in [0.1, 0.15) is 42.9 Å². The number of thiophene rings is 1. The van der Waals surface area contributed by atoms with Crippen LogP contribution in [0.2, 0.25) is 0 Å². The Morgan fingerprint density at radius 1 is 1.20 bits per heavy atom. The van der Waals surface area contributed by atoms with Gasteiger partial charge in [-0.1, -0.05) is 18.6 Å². The fourth-order valence-electron chi connectivity index (χ4n) is 3.38. The highest BCUT2D eigenvalue weighted by Gasteiger charge is 2.29. The highest BCUT2D eigenvalue weighted by atomic mass is 32.2. The van der Waals surface area contributed by atoms with Gasteiger partial charge in [0.15, 0.2) is 0 Å². The molecule has 0 radical (unpaired) electrons. The van der Waals surface area contributed by atoms with Crippen molar-refractivity contribution in [2.75, 3.05) is 27.2 Å². The van der Waals surface area contributed by atoms with E-state index in [1.54, 1.807) is 35.6 Å². The van der Waals surface area contributed by atoms with Crippen molar-refractivity contribution in [3.05, 3.63) is 52.2 Å². The number of aliphatic imine (C=N–C) groups is 1. The molecule has 2 N–H and O–H groups in total. The standard InChI is InChI=1S/C21H28N4O3S2/c1-25(2)18(16-11-13-29-15-16)14-23-20(26)10-4-3-7-12-22-21-17-8-5-6-9-19(17)30(27,28)24-21/h5-6,8-9,11,13,15,18H,3-4,7,10,12,14H2,1-2H3,(H,22,24)(H,23,26)/t18-/m0/s1. The van der Waals surface area contributed by atoms with Gasteiger partial charge in [-0.2, -0.15) is 11.3 Å². The van der Waals surface area contributed by atoms with Gasteiger partial charge < -0.3 is 10.2 Å². The van der Waals surface area contributed by atoms with E-state index >= 15 is 0 Å². The molecular weight excluding hydrogens is 420 g/mol. The molecule has 0 fully saturated rings. The molecule has 1 amide bonds. The predicted octanol–water partition coefficient (Wildman–Crippen LogP) is 2.77. The second kappa shape index (κ2) is 10.2. The van der Waals surface area contributed by atoms with Crippen LogP contribution in [0.25, 0.3) is 0 Å². The monoisotopic (exact) mass is 448 g/mol. The van der Waals surface area contributed by atoms with Crippen molar-refractivity contribution >= 4 is 33.1 Å². The first-order chi connectivity index (χ1) is 14.4. The summed E-state index contributed by atoms with van der Waals surface area (Å²) in [7, 11) is 0.540. The average Bonchev–Trinajstić information content (AvgIpc) is 3.32. The van der Waals surface area contributed by atoms with E-state index in [1.807, 2.05) is 19.5 Å². The predicted molar refractivity (Wildman–Crippen MR) is 120 cm³/mol. The Kier molecular flexibility index (Phi) is 7.63. The lowest BCUT2D eigenvalue weighted by Crippen LogP contribution is -2.34. The summed E-state index contributed by atoms with van der Waals surface area (Å²) in [4.78, 5) is 18.9. The SMILES string of the molecule is CN(C)[C@@H](CNC(=O)CCCCCN=C1NS(=O)(=O)c2ccccc21)c1ccsc1. The molecule has 7 nitrogen and oxygen atoms in total. The fourth-order valence-corrected chi connectivity index (χ4v) is 5.34. The van der Waals surface area contributed by atoms with Crippen LogP contribution in [0, 0.1) is 0 Å². The number of amides is 1. The summed E-state index contributed by atoms with van der Waals surface area (Å²) in [5, 5.41) is 7.19. The maximum atomic E-state index is 12.2. The number of unbranched alkanes of at least 4 members (excludes halogenated alkanes) is 2. The smallest absolute Gasteiger partial charge is 0.263 e. The largest absolute Gasteiger partial charge is 0.354 e. The third-order valence-corrected chi connectivity index (χ3v) is 7.14. The van der Waals surface area contributed by atoms with Crippen molar-refractivity contribution in [3.63, 3.8) is 0 Å². The molecule has 0 spiro atoms. The molecule has 9 heteroatoms. The summed E-state index contributed by atoms with van der Waals surface area (Å²) in [5.74, 6) is 0.465. The van der Waals surface area contributed by atoms with Crippen LogP contribution in [0.4, 0.5) is 0 Å². The van der Waals surface area contributed by atoms with Gasteiger partial charge in [0.1, 0.15) is 5.84 Å². The molecule has 0 saturated heterocycles. The lowest BCUT2D eigenvalue weighted by atomic mass is 10.1. The topological polar surface area (TPSA) is 90.9 Å². The number of rotatable bonds is 10. The number of amidine groups is 1. The van der Waals surface area contributed by atoms with Crippen molar-refractivity contribution < 1.29 is 13.2 Å². The number of sulfonamides is 1. The maximum Gasteiger partial charge on any atom is 0.263 e. The summed E-state index contributed by atoms with van der Waals surface area (Å²) in [5.41, 5.74) is 1.84. The summed E-state index contributed by atoms with van der Waals surface area (Å²) >= 11 is 1.66. The van der Waals surface area contributed by atoms with Crippen molar-refractivity contribution in [2.45, 2.75) is 36.6 Å². The fraction of sp³-hybridized carbons (Fsp3) is 0.429. The summed E-state index contributed by atoms with van der Waals surface area (Å²) in [6.45, 7) is 1.12. The molecule has 162 valence electrons. The third kappa shape index (κ3) is 5.68. The van der Waals surface area contributed by atoms with Gasteiger partial charge in [0.2, 0.25) is 5.91 Å². The molecule has 2 heterocycles. The second-order valence-corrected chi connectivity index (χ2v) is 9.91. The quantitative estimate of drug-likeness (QED) is 0.547.